The fourth-order valence-electron chi connectivity index (χ4n) is 1.40. The first-order valence-corrected chi connectivity index (χ1v) is 6.65. The van der Waals surface area contributed by atoms with Crippen LogP contribution in [0.2, 0.25) is 0 Å². The zero-order valence-corrected chi connectivity index (χ0v) is 11.5. The molecule has 0 aliphatic carbocycles. The van der Waals surface area contributed by atoms with E-state index >= 15 is 0 Å². The summed E-state index contributed by atoms with van der Waals surface area (Å²) < 4.78 is 0. The van der Waals surface area contributed by atoms with Crippen molar-refractivity contribution >= 4 is 11.8 Å². The lowest BCUT2D eigenvalue weighted by Crippen LogP contribution is -2.33. The Morgan fingerprint density at radius 1 is 0.722 bits per heavy atom. The Labute approximate surface area is 109 Å². The number of hydrogen-bond acceptors (Lipinski definition) is 4. The number of carbonyl (C=O) groups excluding carboxylic acids is 2. The van der Waals surface area contributed by atoms with Crippen LogP contribution in [0.25, 0.3) is 0 Å². The summed E-state index contributed by atoms with van der Waals surface area (Å²) in [5.41, 5.74) is 0. The van der Waals surface area contributed by atoms with Crippen molar-refractivity contribution in [3.05, 3.63) is 0 Å². The molecule has 0 bridgehead atoms. The van der Waals surface area contributed by atoms with E-state index < -0.39 is 0 Å². The number of rotatable bonds is 11. The molecule has 0 saturated heterocycles. The van der Waals surface area contributed by atoms with Gasteiger partial charge >= 0.3 is 0 Å². The molecule has 0 fully saturated rings. The van der Waals surface area contributed by atoms with Crippen molar-refractivity contribution in [3.63, 3.8) is 0 Å². The molecule has 0 aromatic carbocycles. The SMILES string of the molecule is CCNC(=O)CCNCCNCCC(=O)NCC. The minimum atomic E-state index is 0.0780. The molecule has 6 nitrogen and oxygen atoms in total. The zero-order valence-electron chi connectivity index (χ0n) is 11.5. The van der Waals surface area contributed by atoms with Crippen LogP contribution in [0.5, 0.6) is 0 Å². The number of carbonyl (C=O) groups is 2. The van der Waals surface area contributed by atoms with E-state index in [9.17, 15) is 9.59 Å². The van der Waals surface area contributed by atoms with Crippen LogP contribution < -0.4 is 21.3 Å². The second kappa shape index (κ2) is 12.3. The minimum absolute atomic E-state index is 0.0780. The van der Waals surface area contributed by atoms with E-state index in [0.29, 0.717) is 39.0 Å². The first kappa shape index (κ1) is 16.9. The lowest BCUT2D eigenvalue weighted by Gasteiger charge is -2.06. The van der Waals surface area contributed by atoms with Crippen LogP contribution in [0.4, 0.5) is 0 Å². The Balaban J connectivity index is 3.16. The molecule has 0 aromatic rings. The molecule has 0 saturated carbocycles. The van der Waals surface area contributed by atoms with Crippen molar-refractivity contribution in [2.75, 3.05) is 39.3 Å². The Kier molecular flexibility index (Phi) is 11.5. The van der Waals surface area contributed by atoms with Crippen LogP contribution in [0.15, 0.2) is 0 Å². The molecular weight excluding hydrogens is 232 g/mol. The lowest BCUT2D eigenvalue weighted by molar-refractivity contribution is -0.121. The minimum Gasteiger partial charge on any atom is -0.356 e. The van der Waals surface area contributed by atoms with Crippen molar-refractivity contribution in [2.24, 2.45) is 0 Å². The van der Waals surface area contributed by atoms with Crippen molar-refractivity contribution in [1.29, 1.82) is 0 Å². The quantitative estimate of drug-likeness (QED) is 0.366. The summed E-state index contributed by atoms with van der Waals surface area (Å²) in [6, 6.07) is 0. The van der Waals surface area contributed by atoms with Gasteiger partial charge < -0.3 is 21.3 Å². The zero-order chi connectivity index (χ0) is 13.6. The molecule has 0 aromatic heterocycles. The van der Waals surface area contributed by atoms with Gasteiger partial charge in [-0.1, -0.05) is 0 Å². The third-order valence-electron chi connectivity index (χ3n) is 2.28. The Bertz CT molecular complexity index is 210. The molecule has 0 unspecified atom stereocenters. The third kappa shape index (κ3) is 11.3. The van der Waals surface area contributed by atoms with Crippen molar-refractivity contribution in [3.8, 4) is 0 Å². The van der Waals surface area contributed by atoms with Crippen molar-refractivity contribution < 1.29 is 9.59 Å². The summed E-state index contributed by atoms with van der Waals surface area (Å²) >= 11 is 0. The highest BCUT2D eigenvalue weighted by atomic mass is 16.2. The topological polar surface area (TPSA) is 82.3 Å². The van der Waals surface area contributed by atoms with E-state index in [-0.39, 0.29) is 11.8 Å². The van der Waals surface area contributed by atoms with Gasteiger partial charge in [-0.2, -0.15) is 0 Å². The van der Waals surface area contributed by atoms with Crippen molar-refractivity contribution in [1.82, 2.24) is 21.3 Å². The summed E-state index contributed by atoms with van der Waals surface area (Å²) in [6.45, 7) is 8.14. The van der Waals surface area contributed by atoms with Gasteiger partial charge in [0.2, 0.25) is 11.8 Å². The largest absolute Gasteiger partial charge is 0.356 e. The lowest BCUT2D eigenvalue weighted by atomic mass is 10.3. The maximum absolute atomic E-state index is 11.1. The van der Waals surface area contributed by atoms with Crippen LogP contribution in [-0.4, -0.2) is 51.1 Å². The highest BCUT2D eigenvalue weighted by molar-refractivity contribution is 5.76. The molecule has 0 radical (unpaired) electrons. The Morgan fingerprint density at radius 2 is 1.11 bits per heavy atom. The average Bonchev–Trinajstić information content (AvgIpc) is 2.33. The van der Waals surface area contributed by atoms with Crippen molar-refractivity contribution in [2.45, 2.75) is 26.7 Å². The fourth-order valence-corrected chi connectivity index (χ4v) is 1.40. The molecule has 18 heavy (non-hydrogen) atoms. The molecule has 0 aliphatic rings. The van der Waals surface area contributed by atoms with E-state index in [1.54, 1.807) is 0 Å². The maximum atomic E-state index is 11.1. The first-order valence-electron chi connectivity index (χ1n) is 6.65. The molecule has 0 rings (SSSR count). The highest BCUT2D eigenvalue weighted by Gasteiger charge is 1.99. The predicted octanol–water partition coefficient (Wildman–Crippen LogP) is -0.782. The number of nitrogens with one attached hydrogen (secondary N) is 4. The highest BCUT2D eigenvalue weighted by Crippen LogP contribution is 1.78. The molecule has 2 amide bonds. The predicted molar refractivity (Wildman–Crippen MR) is 72.3 cm³/mol. The van der Waals surface area contributed by atoms with Gasteiger partial charge in [0.15, 0.2) is 0 Å². The van der Waals surface area contributed by atoms with Crippen LogP contribution >= 0.6 is 0 Å². The molecule has 0 aliphatic heterocycles. The standard InChI is InChI=1S/C12H26N4O2/c1-3-15-11(17)5-7-13-9-10-14-8-6-12(18)16-4-2/h13-14H,3-10H2,1-2H3,(H,15,17)(H,16,18). The second-order valence-corrected chi connectivity index (χ2v) is 3.91. The molecule has 0 heterocycles. The molecule has 4 N–H and O–H groups in total. The van der Waals surface area contributed by atoms with E-state index in [0.717, 1.165) is 13.1 Å². The fraction of sp³-hybridized carbons (Fsp3) is 0.833. The van der Waals surface area contributed by atoms with Gasteiger partial charge in [-0.15, -0.1) is 0 Å². The molecule has 6 heteroatoms. The van der Waals surface area contributed by atoms with Gasteiger partial charge in [0.1, 0.15) is 0 Å². The molecule has 106 valence electrons. The van der Waals surface area contributed by atoms with Gasteiger partial charge in [0.25, 0.3) is 0 Å². The van der Waals surface area contributed by atoms with E-state index in [1.165, 1.54) is 0 Å². The normalized spacial score (nSPS) is 10.1. The summed E-state index contributed by atoms with van der Waals surface area (Å²) in [5.74, 6) is 0.156. The van der Waals surface area contributed by atoms with Crippen LogP contribution in [0, 0.1) is 0 Å². The van der Waals surface area contributed by atoms with Gasteiger partial charge in [-0.05, 0) is 13.8 Å². The molecule has 0 spiro atoms. The van der Waals surface area contributed by atoms with Crippen LogP contribution in [0.3, 0.4) is 0 Å². The third-order valence-corrected chi connectivity index (χ3v) is 2.28. The van der Waals surface area contributed by atoms with Gasteiger partial charge in [-0.25, -0.2) is 0 Å². The van der Waals surface area contributed by atoms with Gasteiger partial charge in [-0.3, -0.25) is 9.59 Å². The second-order valence-electron chi connectivity index (χ2n) is 3.91. The smallest absolute Gasteiger partial charge is 0.221 e. The average molecular weight is 258 g/mol. The first-order chi connectivity index (χ1) is 8.70. The van der Waals surface area contributed by atoms with Gasteiger partial charge in [0.05, 0.1) is 0 Å². The maximum Gasteiger partial charge on any atom is 0.221 e. The summed E-state index contributed by atoms with van der Waals surface area (Å²) in [7, 11) is 0. The summed E-state index contributed by atoms with van der Waals surface area (Å²) in [5, 5.41) is 11.8. The van der Waals surface area contributed by atoms with E-state index in [4.69, 9.17) is 0 Å². The number of amides is 2. The summed E-state index contributed by atoms with van der Waals surface area (Å²) in [4.78, 5) is 22.2. The summed E-state index contributed by atoms with van der Waals surface area (Å²) in [6.07, 6.45) is 1.01. The van der Waals surface area contributed by atoms with Crippen LogP contribution in [0.1, 0.15) is 26.7 Å². The van der Waals surface area contributed by atoms with Crippen LogP contribution in [-0.2, 0) is 9.59 Å². The van der Waals surface area contributed by atoms with E-state index in [2.05, 4.69) is 21.3 Å². The number of hydrogen-bond donors (Lipinski definition) is 4. The molecular formula is C12H26N4O2. The molecule has 0 atom stereocenters. The Morgan fingerprint density at radius 3 is 1.44 bits per heavy atom. The van der Waals surface area contributed by atoms with Gasteiger partial charge in [0, 0.05) is 52.1 Å². The van der Waals surface area contributed by atoms with E-state index in [1.807, 2.05) is 13.8 Å². The Hall–Kier alpha value is -1.14. The monoisotopic (exact) mass is 258 g/mol.